The van der Waals surface area contributed by atoms with E-state index in [9.17, 15) is 0 Å². The Morgan fingerprint density at radius 1 is 1.18 bits per heavy atom. The molecule has 0 bridgehead atoms. The van der Waals surface area contributed by atoms with E-state index in [1.54, 1.807) is 0 Å². The summed E-state index contributed by atoms with van der Waals surface area (Å²) in [5, 5.41) is 8.36. The Bertz CT molecular complexity index is 331. The highest BCUT2D eigenvalue weighted by Crippen LogP contribution is 2.24. The summed E-state index contributed by atoms with van der Waals surface area (Å²) in [6, 6.07) is 4.60. The van der Waals surface area contributed by atoms with Crippen LogP contribution in [0.1, 0.15) is 44.2 Å². The van der Waals surface area contributed by atoms with Crippen LogP contribution in [0.4, 0.5) is 5.82 Å². The van der Waals surface area contributed by atoms with Gasteiger partial charge in [0, 0.05) is 13.1 Å². The summed E-state index contributed by atoms with van der Waals surface area (Å²) in [5.41, 5.74) is 0.838. The third-order valence-corrected chi connectivity index (χ3v) is 3.85. The highest BCUT2D eigenvalue weighted by Gasteiger charge is 2.18. The monoisotopic (exact) mass is 253 g/mol. The molecule has 0 aromatic carbocycles. The van der Waals surface area contributed by atoms with Gasteiger partial charge in [0.2, 0.25) is 0 Å². The van der Waals surface area contributed by atoms with Gasteiger partial charge in [0.05, 0.1) is 11.6 Å². The first kappa shape index (κ1) is 12.6. The van der Waals surface area contributed by atoms with E-state index in [0.717, 1.165) is 11.5 Å². The zero-order chi connectivity index (χ0) is 12.1. The molecule has 0 spiro atoms. The molecule has 94 valence electrons. The lowest BCUT2D eigenvalue weighted by atomic mass is 10.1. The van der Waals surface area contributed by atoms with E-state index < -0.39 is 0 Å². The van der Waals surface area contributed by atoms with Gasteiger partial charge in [0.25, 0.3) is 0 Å². The molecule has 4 heteroatoms. The average Bonchev–Trinajstić information content (AvgIpc) is 2.67. The van der Waals surface area contributed by atoms with E-state index >= 15 is 0 Å². The van der Waals surface area contributed by atoms with E-state index in [1.165, 1.54) is 38.5 Å². The van der Waals surface area contributed by atoms with Crippen molar-refractivity contribution in [2.24, 2.45) is 0 Å². The third-order valence-electron chi connectivity index (χ3n) is 3.58. The normalized spacial score (nSPS) is 17.8. The first-order valence-corrected chi connectivity index (χ1v) is 6.96. The van der Waals surface area contributed by atoms with Crippen molar-refractivity contribution in [2.75, 3.05) is 11.9 Å². The minimum atomic E-state index is 0.431. The molecule has 1 aromatic heterocycles. The first-order chi connectivity index (χ1) is 8.31. The Kier molecular flexibility index (Phi) is 4.60. The van der Waals surface area contributed by atoms with Gasteiger partial charge in [-0.25, -0.2) is 0 Å². The summed E-state index contributed by atoms with van der Waals surface area (Å²) in [5.74, 6) is 1.39. The van der Waals surface area contributed by atoms with Crippen LogP contribution in [0.3, 0.4) is 0 Å². The molecular formula is C13H20ClN3. The van der Waals surface area contributed by atoms with Gasteiger partial charge in [0.1, 0.15) is 0 Å². The van der Waals surface area contributed by atoms with E-state index in [0.29, 0.717) is 11.9 Å². The summed E-state index contributed by atoms with van der Waals surface area (Å²) < 4.78 is 0. The van der Waals surface area contributed by atoms with Crippen LogP contribution in [0.5, 0.6) is 0 Å². The minimum absolute atomic E-state index is 0.431. The molecule has 0 aliphatic heterocycles. The number of anilines is 1. The Balaban J connectivity index is 2.03. The molecule has 1 fully saturated rings. The molecule has 2 rings (SSSR count). The number of nitrogens with zero attached hydrogens (tertiary/aromatic N) is 3. The zero-order valence-corrected chi connectivity index (χ0v) is 11.2. The van der Waals surface area contributed by atoms with E-state index in [-0.39, 0.29) is 0 Å². The maximum Gasteiger partial charge on any atom is 0.151 e. The Hall–Kier alpha value is -0.830. The number of halogens is 1. The predicted octanol–water partition coefficient (Wildman–Crippen LogP) is 3.37. The van der Waals surface area contributed by atoms with Gasteiger partial charge in [-0.05, 0) is 25.0 Å². The van der Waals surface area contributed by atoms with Crippen molar-refractivity contribution >= 4 is 17.4 Å². The van der Waals surface area contributed by atoms with Gasteiger partial charge in [-0.1, -0.05) is 25.7 Å². The predicted molar refractivity (Wildman–Crippen MR) is 71.5 cm³/mol. The Labute approximate surface area is 108 Å². The molecule has 3 nitrogen and oxygen atoms in total. The largest absolute Gasteiger partial charge is 0.355 e. The fourth-order valence-electron chi connectivity index (χ4n) is 2.44. The average molecular weight is 254 g/mol. The lowest BCUT2D eigenvalue weighted by Gasteiger charge is -2.27. The topological polar surface area (TPSA) is 29.0 Å². The van der Waals surface area contributed by atoms with Crippen LogP contribution in [0.2, 0.25) is 0 Å². The molecule has 1 saturated carbocycles. The standard InChI is InChI=1S/C13H20ClN3/c1-17(12-6-4-2-3-5-7-12)13-9-8-11(10-14)15-16-13/h8-9,12H,2-7,10H2,1H3. The molecule has 1 heterocycles. The highest BCUT2D eigenvalue weighted by atomic mass is 35.5. The lowest BCUT2D eigenvalue weighted by Crippen LogP contribution is -2.31. The zero-order valence-electron chi connectivity index (χ0n) is 10.4. The van der Waals surface area contributed by atoms with Gasteiger partial charge in [-0.15, -0.1) is 16.7 Å². The van der Waals surface area contributed by atoms with Crippen LogP contribution in [-0.2, 0) is 5.88 Å². The lowest BCUT2D eigenvalue weighted by molar-refractivity contribution is 0.547. The summed E-state index contributed by atoms with van der Waals surface area (Å²) in [6.45, 7) is 0. The summed E-state index contributed by atoms with van der Waals surface area (Å²) >= 11 is 5.71. The Morgan fingerprint density at radius 3 is 2.41 bits per heavy atom. The number of alkyl halides is 1. The van der Waals surface area contributed by atoms with Crippen molar-refractivity contribution in [3.63, 3.8) is 0 Å². The minimum Gasteiger partial charge on any atom is -0.355 e. The van der Waals surface area contributed by atoms with Crippen LogP contribution in [0.25, 0.3) is 0 Å². The van der Waals surface area contributed by atoms with Gasteiger partial charge < -0.3 is 4.90 Å². The molecule has 0 amide bonds. The van der Waals surface area contributed by atoms with Crippen LogP contribution >= 0.6 is 11.6 Å². The molecule has 0 unspecified atom stereocenters. The van der Waals surface area contributed by atoms with Crippen molar-refractivity contribution in [3.8, 4) is 0 Å². The molecule has 17 heavy (non-hydrogen) atoms. The second-order valence-corrected chi connectivity index (χ2v) is 5.04. The second-order valence-electron chi connectivity index (χ2n) is 4.77. The maximum absolute atomic E-state index is 5.71. The van der Waals surface area contributed by atoms with Crippen LogP contribution in [-0.4, -0.2) is 23.3 Å². The van der Waals surface area contributed by atoms with Crippen molar-refractivity contribution < 1.29 is 0 Å². The number of rotatable bonds is 3. The van der Waals surface area contributed by atoms with Crippen LogP contribution in [0, 0.1) is 0 Å². The smallest absolute Gasteiger partial charge is 0.151 e. The number of aromatic nitrogens is 2. The quantitative estimate of drug-likeness (QED) is 0.611. The van der Waals surface area contributed by atoms with Crippen molar-refractivity contribution in [1.29, 1.82) is 0 Å². The summed E-state index contributed by atoms with van der Waals surface area (Å²) in [6.07, 6.45) is 7.97. The SMILES string of the molecule is CN(c1ccc(CCl)nn1)C1CCCCCC1. The van der Waals surface area contributed by atoms with Gasteiger partial charge in [0.15, 0.2) is 5.82 Å². The second kappa shape index (κ2) is 6.20. The molecule has 0 atom stereocenters. The number of hydrogen-bond acceptors (Lipinski definition) is 3. The Morgan fingerprint density at radius 2 is 1.88 bits per heavy atom. The molecule has 0 saturated heterocycles. The molecule has 0 radical (unpaired) electrons. The van der Waals surface area contributed by atoms with Crippen molar-refractivity contribution in [2.45, 2.75) is 50.4 Å². The van der Waals surface area contributed by atoms with E-state index in [1.807, 2.05) is 12.1 Å². The molecule has 1 aromatic rings. The fraction of sp³-hybridized carbons (Fsp3) is 0.692. The highest BCUT2D eigenvalue weighted by molar-refractivity contribution is 6.16. The molecule has 0 N–H and O–H groups in total. The summed E-state index contributed by atoms with van der Waals surface area (Å²) in [4.78, 5) is 2.27. The van der Waals surface area contributed by atoms with E-state index in [2.05, 4.69) is 22.1 Å². The van der Waals surface area contributed by atoms with Gasteiger partial charge >= 0.3 is 0 Å². The van der Waals surface area contributed by atoms with Crippen molar-refractivity contribution in [3.05, 3.63) is 17.8 Å². The van der Waals surface area contributed by atoms with Gasteiger partial charge in [-0.3, -0.25) is 0 Å². The third kappa shape index (κ3) is 3.32. The first-order valence-electron chi connectivity index (χ1n) is 6.42. The van der Waals surface area contributed by atoms with Crippen LogP contribution < -0.4 is 4.90 Å². The summed E-state index contributed by atoms with van der Waals surface area (Å²) in [7, 11) is 2.13. The number of hydrogen-bond donors (Lipinski definition) is 0. The van der Waals surface area contributed by atoms with Gasteiger partial charge in [-0.2, -0.15) is 5.10 Å². The van der Waals surface area contributed by atoms with Crippen LogP contribution in [0.15, 0.2) is 12.1 Å². The van der Waals surface area contributed by atoms with E-state index in [4.69, 9.17) is 11.6 Å². The molecular weight excluding hydrogens is 234 g/mol. The maximum atomic E-state index is 5.71. The molecule has 1 aliphatic rings. The van der Waals surface area contributed by atoms with Crippen molar-refractivity contribution in [1.82, 2.24) is 10.2 Å². The fourth-order valence-corrected chi connectivity index (χ4v) is 2.59. The molecule has 1 aliphatic carbocycles.